The van der Waals surface area contributed by atoms with Crippen LogP contribution in [0.2, 0.25) is 0 Å². The van der Waals surface area contributed by atoms with Crippen LogP contribution in [0.1, 0.15) is 22.1 Å². The average Bonchev–Trinajstić information content (AvgIpc) is 2.62. The molecule has 2 aromatic carbocycles. The molecule has 2 aromatic rings. The molecule has 0 fully saturated rings. The molecule has 0 aliphatic carbocycles. The van der Waals surface area contributed by atoms with E-state index in [0.717, 1.165) is 15.7 Å². The van der Waals surface area contributed by atoms with Gasteiger partial charge in [0.1, 0.15) is 18.5 Å². The molecule has 0 bridgehead atoms. The molecule has 2 N–H and O–H groups in total. The number of aliphatic hydroxyl groups is 1. The molecule has 0 radical (unpaired) electrons. The van der Waals surface area contributed by atoms with Gasteiger partial charge in [-0.2, -0.15) is 0 Å². The van der Waals surface area contributed by atoms with Gasteiger partial charge in [0.2, 0.25) is 0 Å². The van der Waals surface area contributed by atoms with Crippen molar-refractivity contribution in [2.45, 2.75) is 6.17 Å². The van der Waals surface area contributed by atoms with Gasteiger partial charge in [0.05, 0.1) is 12.2 Å². The van der Waals surface area contributed by atoms with Gasteiger partial charge < -0.3 is 20.1 Å². The second-order valence-corrected chi connectivity index (χ2v) is 6.45. The van der Waals surface area contributed by atoms with Crippen molar-refractivity contribution in [3.05, 3.63) is 70.7 Å². The van der Waals surface area contributed by atoms with E-state index in [0.29, 0.717) is 17.9 Å². The lowest BCUT2D eigenvalue weighted by molar-refractivity contribution is 0.0707. The Morgan fingerprint density at radius 3 is 2.84 bits per heavy atom. The zero-order chi connectivity index (χ0) is 17.8. The summed E-state index contributed by atoms with van der Waals surface area (Å²) in [6.45, 7) is 4.40. The SMILES string of the molecule is C=CCN1C(=O)c2ccccc2NC1c1ccc(OCCO)cc1Br. The third kappa shape index (κ3) is 3.55. The monoisotopic (exact) mass is 402 g/mol. The first-order valence-corrected chi connectivity index (χ1v) is 8.75. The summed E-state index contributed by atoms with van der Waals surface area (Å²) in [5, 5.41) is 12.3. The minimum Gasteiger partial charge on any atom is -0.491 e. The fourth-order valence-electron chi connectivity index (χ4n) is 2.85. The molecule has 25 heavy (non-hydrogen) atoms. The van der Waals surface area contributed by atoms with E-state index in [9.17, 15) is 4.79 Å². The number of para-hydroxylation sites is 1. The third-order valence-electron chi connectivity index (χ3n) is 3.97. The first-order valence-electron chi connectivity index (χ1n) is 7.96. The number of hydrogen-bond donors (Lipinski definition) is 2. The van der Waals surface area contributed by atoms with Crippen LogP contribution in [0.15, 0.2) is 59.6 Å². The smallest absolute Gasteiger partial charge is 0.258 e. The molecular formula is C19H19BrN2O3. The normalized spacial score (nSPS) is 16.2. The Kier molecular flexibility index (Phi) is 5.40. The Labute approximate surface area is 155 Å². The van der Waals surface area contributed by atoms with E-state index in [1.807, 2.05) is 42.5 Å². The number of nitrogens with one attached hydrogen (secondary N) is 1. The lowest BCUT2D eigenvalue weighted by atomic mass is 10.0. The van der Waals surface area contributed by atoms with Gasteiger partial charge in [-0.3, -0.25) is 4.79 Å². The van der Waals surface area contributed by atoms with Crippen molar-refractivity contribution in [3.8, 4) is 5.75 Å². The van der Waals surface area contributed by atoms with Gasteiger partial charge in [-0.25, -0.2) is 0 Å². The second kappa shape index (κ2) is 7.72. The number of hydrogen-bond acceptors (Lipinski definition) is 4. The summed E-state index contributed by atoms with van der Waals surface area (Å²) >= 11 is 3.57. The fourth-order valence-corrected chi connectivity index (χ4v) is 3.42. The van der Waals surface area contributed by atoms with Crippen LogP contribution in [0.5, 0.6) is 5.75 Å². The highest BCUT2D eigenvalue weighted by Crippen LogP contribution is 2.37. The van der Waals surface area contributed by atoms with Gasteiger partial charge in [-0.05, 0) is 24.3 Å². The van der Waals surface area contributed by atoms with Crippen LogP contribution in [0.3, 0.4) is 0 Å². The minimum absolute atomic E-state index is 0.0354. The summed E-state index contributed by atoms with van der Waals surface area (Å²) in [5.41, 5.74) is 2.38. The topological polar surface area (TPSA) is 61.8 Å². The molecule has 130 valence electrons. The van der Waals surface area contributed by atoms with E-state index in [1.54, 1.807) is 11.0 Å². The predicted octanol–water partition coefficient (Wildman–Crippen LogP) is 3.57. The first kappa shape index (κ1) is 17.5. The standard InChI is InChI=1S/C19H19BrN2O3/c1-2-9-22-18(21-17-6-4-3-5-15(17)19(22)24)14-8-7-13(12-16(14)20)25-11-10-23/h2-8,12,18,21,23H,1,9-11H2. The van der Waals surface area contributed by atoms with Crippen molar-refractivity contribution < 1.29 is 14.6 Å². The summed E-state index contributed by atoms with van der Waals surface area (Å²) in [6.07, 6.45) is 1.40. The van der Waals surface area contributed by atoms with Crippen molar-refractivity contribution in [1.29, 1.82) is 0 Å². The lowest BCUT2D eigenvalue weighted by Gasteiger charge is -2.38. The molecule has 0 saturated carbocycles. The van der Waals surface area contributed by atoms with Gasteiger partial charge in [-0.1, -0.05) is 40.2 Å². The number of anilines is 1. The van der Waals surface area contributed by atoms with Gasteiger partial charge in [0.15, 0.2) is 0 Å². The van der Waals surface area contributed by atoms with Crippen LogP contribution in [0.25, 0.3) is 0 Å². The van der Waals surface area contributed by atoms with Crippen molar-refractivity contribution in [2.75, 3.05) is 25.1 Å². The van der Waals surface area contributed by atoms with Gasteiger partial charge in [-0.15, -0.1) is 6.58 Å². The molecule has 0 spiro atoms. The Morgan fingerprint density at radius 2 is 2.12 bits per heavy atom. The number of carbonyl (C=O) groups is 1. The third-order valence-corrected chi connectivity index (χ3v) is 4.66. The summed E-state index contributed by atoms with van der Waals surface area (Å²) in [7, 11) is 0. The van der Waals surface area contributed by atoms with E-state index >= 15 is 0 Å². The average molecular weight is 403 g/mol. The number of nitrogens with zero attached hydrogens (tertiary/aromatic N) is 1. The van der Waals surface area contributed by atoms with Crippen molar-refractivity contribution in [3.63, 3.8) is 0 Å². The first-order chi connectivity index (χ1) is 12.2. The van der Waals surface area contributed by atoms with Crippen LogP contribution in [0.4, 0.5) is 5.69 Å². The van der Waals surface area contributed by atoms with E-state index in [-0.39, 0.29) is 25.3 Å². The van der Waals surface area contributed by atoms with E-state index in [1.165, 1.54) is 0 Å². The Morgan fingerprint density at radius 1 is 1.32 bits per heavy atom. The van der Waals surface area contributed by atoms with Crippen LogP contribution in [0, 0.1) is 0 Å². The number of fused-ring (bicyclic) bond motifs is 1. The van der Waals surface area contributed by atoms with Crippen LogP contribution in [-0.2, 0) is 0 Å². The number of amides is 1. The largest absolute Gasteiger partial charge is 0.491 e. The van der Waals surface area contributed by atoms with Crippen molar-refractivity contribution >= 4 is 27.5 Å². The molecule has 1 atom stereocenters. The van der Waals surface area contributed by atoms with Crippen LogP contribution in [-0.4, -0.2) is 35.7 Å². The number of rotatable bonds is 6. The quantitative estimate of drug-likeness (QED) is 0.724. The Balaban J connectivity index is 1.97. The van der Waals surface area contributed by atoms with Crippen LogP contribution >= 0.6 is 15.9 Å². The summed E-state index contributed by atoms with van der Waals surface area (Å²) < 4.78 is 6.25. The number of ether oxygens (including phenoxy) is 1. The molecular weight excluding hydrogens is 384 g/mol. The maximum absolute atomic E-state index is 12.9. The maximum Gasteiger partial charge on any atom is 0.258 e. The molecule has 0 aromatic heterocycles. The van der Waals surface area contributed by atoms with Gasteiger partial charge >= 0.3 is 0 Å². The predicted molar refractivity (Wildman–Crippen MR) is 101 cm³/mol. The zero-order valence-corrected chi connectivity index (χ0v) is 15.2. The molecule has 1 heterocycles. The highest BCUT2D eigenvalue weighted by Gasteiger charge is 2.33. The van der Waals surface area contributed by atoms with E-state index in [2.05, 4.69) is 27.8 Å². The lowest BCUT2D eigenvalue weighted by Crippen LogP contribution is -2.43. The van der Waals surface area contributed by atoms with Gasteiger partial charge in [0, 0.05) is 22.3 Å². The maximum atomic E-state index is 12.9. The summed E-state index contributed by atoms with van der Waals surface area (Å²) in [4.78, 5) is 14.6. The summed E-state index contributed by atoms with van der Waals surface area (Å²) in [5.74, 6) is 0.620. The molecule has 3 rings (SSSR count). The Hall–Kier alpha value is -2.31. The molecule has 1 aliphatic heterocycles. The van der Waals surface area contributed by atoms with E-state index in [4.69, 9.17) is 9.84 Å². The highest BCUT2D eigenvalue weighted by atomic mass is 79.9. The Bertz CT molecular complexity index is 794. The fraction of sp³-hybridized carbons (Fsp3) is 0.211. The number of halogens is 1. The molecule has 5 nitrogen and oxygen atoms in total. The van der Waals surface area contributed by atoms with E-state index < -0.39 is 0 Å². The van der Waals surface area contributed by atoms with Gasteiger partial charge in [0.25, 0.3) is 5.91 Å². The minimum atomic E-state index is -0.318. The summed E-state index contributed by atoms with van der Waals surface area (Å²) in [6, 6.07) is 13.0. The number of aliphatic hydroxyl groups excluding tert-OH is 1. The molecule has 0 saturated heterocycles. The zero-order valence-electron chi connectivity index (χ0n) is 13.6. The second-order valence-electron chi connectivity index (χ2n) is 5.59. The highest BCUT2D eigenvalue weighted by molar-refractivity contribution is 9.10. The molecule has 1 unspecified atom stereocenters. The molecule has 6 heteroatoms. The molecule has 1 aliphatic rings. The molecule has 1 amide bonds. The number of benzene rings is 2. The van der Waals surface area contributed by atoms with Crippen molar-refractivity contribution in [1.82, 2.24) is 4.90 Å². The van der Waals surface area contributed by atoms with Crippen molar-refractivity contribution in [2.24, 2.45) is 0 Å². The number of carbonyl (C=O) groups excluding carboxylic acids is 1. The van der Waals surface area contributed by atoms with Crippen LogP contribution < -0.4 is 10.1 Å².